The van der Waals surface area contributed by atoms with Crippen molar-refractivity contribution in [1.29, 1.82) is 0 Å². The minimum Gasteiger partial charge on any atom is -0.452 e. The van der Waals surface area contributed by atoms with Crippen molar-refractivity contribution in [1.82, 2.24) is 0 Å². The Kier molecular flexibility index (Phi) is 8.52. The molecule has 11 heteroatoms. The molecule has 1 amide bonds. The first-order valence-corrected chi connectivity index (χ1v) is 11.6. The van der Waals surface area contributed by atoms with Gasteiger partial charge in [-0.25, -0.2) is 13.2 Å². The van der Waals surface area contributed by atoms with Gasteiger partial charge in [0.15, 0.2) is 6.61 Å². The Labute approximate surface area is 200 Å². The van der Waals surface area contributed by atoms with E-state index in [4.69, 9.17) is 4.74 Å². The Morgan fingerprint density at radius 3 is 2.40 bits per heavy atom. The molecule has 0 aliphatic heterocycles. The molecule has 0 saturated carbocycles. The number of sulfonamides is 1. The van der Waals surface area contributed by atoms with Crippen LogP contribution in [0.1, 0.15) is 15.9 Å². The number of carbonyl (C=O) groups is 2. The fourth-order valence-corrected chi connectivity index (χ4v) is 3.67. The quantitative estimate of drug-likeness (QED) is 0.395. The number of benzene rings is 3. The van der Waals surface area contributed by atoms with Gasteiger partial charge in [0.2, 0.25) is 0 Å². The number of esters is 1. The van der Waals surface area contributed by atoms with E-state index in [0.29, 0.717) is 5.56 Å². The molecule has 0 aliphatic carbocycles. The zero-order valence-electron chi connectivity index (χ0n) is 18.1. The van der Waals surface area contributed by atoms with Crippen molar-refractivity contribution < 1.29 is 36.3 Å². The second-order valence-corrected chi connectivity index (χ2v) is 8.51. The predicted octanol–water partition coefficient (Wildman–Crippen LogP) is 4.50. The molecule has 0 saturated heterocycles. The molecule has 3 aromatic rings. The molecule has 0 fully saturated rings. The van der Waals surface area contributed by atoms with E-state index in [2.05, 4.69) is 14.8 Å². The van der Waals surface area contributed by atoms with Gasteiger partial charge in [0.05, 0.1) is 16.7 Å². The highest BCUT2D eigenvalue weighted by atomic mass is 32.2. The predicted molar refractivity (Wildman–Crippen MR) is 126 cm³/mol. The van der Waals surface area contributed by atoms with Gasteiger partial charge in [-0.3, -0.25) is 9.52 Å². The number of alkyl halides is 2. The highest BCUT2D eigenvalue weighted by Gasteiger charge is 2.15. The van der Waals surface area contributed by atoms with Crippen LogP contribution in [0.5, 0.6) is 5.75 Å². The van der Waals surface area contributed by atoms with Crippen molar-refractivity contribution in [3.63, 3.8) is 0 Å². The molecule has 0 aromatic heterocycles. The van der Waals surface area contributed by atoms with Crippen molar-refractivity contribution in [2.75, 3.05) is 16.6 Å². The van der Waals surface area contributed by atoms with Crippen LogP contribution in [0, 0.1) is 0 Å². The van der Waals surface area contributed by atoms with Gasteiger partial charge >= 0.3 is 12.6 Å². The van der Waals surface area contributed by atoms with Crippen molar-refractivity contribution in [3.8, 4) is 5.75 Å². The Balaban J connectivity index is 1.58. The second-order valence-electron chi connectivity index (χ2n) is 6.94. The zero-order valence-corrected chi connectivity index (χ0v) is 18.9. The molecule has 8 nitrogen and oxygen atoms in total. The topological polar surface area (TPSA) is 111 Å². The summed E-state index contributed by atoms with van der Waals surface area (Å²) in [7, 11) is -3.86. The van der Waals surface area contributed by atoms with Gasteiger partial charge in [0.25, 0.3) is 15.9 Å². The van der Waals surface area contributed by atoms with Gasteiger partial charge in [-0.05, 0) is 42.0 Å². The SMILES string of the molecule is O=C(COC(=O)c1cccc(NS(=O)(=O)C=Cc2ccccc2)c1)Nc1ccccc1OC(F)F. The Morgan fingerprint density at radius 1 is 0.943 bits per heavy atom. The highest BCUT2D eigenvalue weighted by molar-refractivity contribution is 7.95. The Morgan fingerprint density at radius 2 is 1.66 bits per heavy atom. The first kappa shape index (κ1) is 25.4. The van der Waals surface area contributed by atoms with Crippen molar-refractivity contribution in [2.45, 2.75) is 6.61 Å². The van der Waals surface area contributed by atoms with E-state index >= 15 is 0 Å². The lowest BCUT2D eigenvalue weighted by atomic mass is 10.2. The summed E-state index contributed by atoms with van der Waals surface area (Å²) in [5.41, 5.74) is 0.775. The fourth-order valence-electron chi connectivity index (χ4n) is 2.81. The fraction of sp³-hybridized carbons (Fsp3) is 0.0833. The third-order valence-corrected chi connectivity index (χ3v) is 5.32. The van der Waals surface area contributed by atoms with Gasteiger partial charge in [-0.1, -0.05) is 48.5 Å². The molecule has 0 unspecified atom stereocenters. The van der Waals surface area contributed by atoms with Gasteiger partial charge in [-0.2, -0.15) is 8.78 Å². The van der Waals surface area contributed by atoms with Crippen LogP contribution >= 0.6 is 0 Å². The Hall–Kier alpha value is -4.25. The molecule has 0 radical (unpaired) electrons. The number of anilines is 2. The maximum absolute atomic E-state index is 12.5. The normalized spacial score (nSPS) is 11.3. The van der Waals surface area contributed by atoms with Crippen LogP contribution < -0.4 is 14.8 Å². The number of amides is 1. The van der Waals surface area contributed by atoms with Crippen LogP contribution in [-0.4, -0.2) is 33.5 Å². The first-order chi connectivity index (χ1) is 16.7. The van der Waals surface area contributed by atoms with Crippen LogP contribution in [0.15, 0.2) is 84.3 Å². The monoisotopic (exact) mass is 502 g/mol. The molecule has 0 bridgehead atoms. The maximum atomic E-state index is 12.5. The zero-order chi connectivity index (χ0) is 25.3. The van der Waals surface area contributed by atoms with E-state index in [1.165, 1.54) is 54.6 Å². The molecule has 0 heterocycles. The summed E-state index contributed by atoms with van der Waals surface area (Å²) in [5.74, 6) is -1.92. The lowest BCUT2D eigenvalue weighted by molar-refractivity contribution is -0.119. The molecule has 3 rings (SSSR count). The van der Waals surface area contributed by atoms with Crippen molar-refractivity contribution >= 4 is 39.4 Å². The number of nitrogens with one attached hydrogen (secondary N) is 2. The number of hydrogen-bond donors (Lipinski definition) is 2. The number of rotatable bonds is 10. The molecule has 0 aliphatic rings. The lowest BCUT2D eigenvalue weighted by Gasteiger charge is -2.12. The van der Waals surface area contributed by atoms with Crippen LogP contribution in [0.25, 0.3) is 6.08 Å². The van der Waals surface area contributed by atoms with E-state index in [-0.39, 0.29) is 22.7 Å². The van der Waals surface area contributed by atoms with Gasteiger partial charge < -0.3 is 14.8 Å². The van der Waals surface area contributed by atoms with E-state index < -0.39 is 35.1 Å². The summed E-state index contributed by atoms with van der Waals surface area (Å²) in [5, 5.41) is 3.31. The highest BCUT2D eigenvalue weighted by Crippen LogP contribution is 2.25. The second kappa shape index (κ2) is 11.7. The first-order valence-electron chi connectivity index (χ1n) is 10.1. The molecule has 0 spiro atoms. The van der Waals surface area contributed by atoms with Gasteiger partial charge in [-0.15, -0.1) is 0 Å². The standard InChI is InChI=1S/C24H20F2N2O6S/c25-24(26)34-21-12-5-4-11-20(21)27-22(29)16-33-23(30)18-9-6-10-19(15-18)28-35(31,32)14-13-17-7-2-1-3-8-17/h1-15,24,28H,16H2,(H,27,29). The summed E-state index contributed by atoms with van der Waals surface area (Å²) < 4.78 is 61.2. The number of ether oxygens (including phenoxy) is 2. The number of hydrogen-bond acceptors (Lipinski definition) is 6. The summed E-state index contributed by atoms with van der Waals surface area (Å²) in [6, 6.07) is 19.9. The third kappa shape index (κ3) is 8.23. The van der Waals surface area contributed by atoms with Gasteiger partial charge in [0.1, 0.15) is 5.75 Å². The van der Waals surface area contributed by atoms with E-state index in [1.807, 2.05) is 0 Å². The smallest absolute Gasteiger partial charge is 0.387 e. The van der Waals surface area contributed by atoms with E-state index in [1.54, 1.807) is 30.3 Å². The average Bonchev–Trinajstić information content (AvgIpc) is 2.83. The van der Waals surface area contributed by atoms with Crippen molar-refractivity contribution in [2.24, 2.45) is 0 Å². The molecule has 2 N–H and O–H groups in total. The summed E-state index contributed by atoms with van der Waals surface area (Å²) in [6.45, 7) is -3.79. The van der Waals surface area contributed by atoms with E-state index in [0.717, 1.165) is 5.41 Å². The lowest BCUT2D eigenvalue weighted by Crippen LogP contribution is -2.21. The minimum atomic E-state index is -3.86. The van der Waals surface area contributed by atoms with Crippen LogP contribution in [0.4, 0.5) is 20.2 Å². The van der Waals surface area contributed by atoms with E-state index in [9.17, 15) is 26.8 Å². The Bertz CT molecular complexity index is 1310. The molecular formula is C24H20F2N2O6S. The van der Waals surface area contributed by atoms with Crippen LogP contribution in [0.3, 0.4) is 0 Å². The molecule has 182 valence electrons. The van der Waals surface area contributed by atoms with Crippen LogP contribution in [0.2, 0.25) is 0 Å². The molecular weight excluding hydrogens is 482 g/mol. The maximum Gasteiger partial charge on any atom is 0.387 e. The average molecular weight is 502 g/mol. The number of para-hydroxylation sites is 2. The number of halogens is 2. The summed E-state index contributed by atoms with van der Waals surface area (Å²) in [6.07, 6.45) is 1.42. The van der Waals surface area contributed by atoms with Gasteiger partial charge in [0, 0.05) is 5.69 Å². The third-order valence-electron chi connectivity index (χ3n) is 4.31. The largest absolute Gasteiger partial charge is 0.452 e. The minimum absolute atomic E-state index is 0.00790. The molecule has 3 aromatic carbocycles. The molecule has 0 atom stereocenters. The summed E-state index contributed by atoms with van der Waals surface area (Å²) >= 11 is 0. The van der Waals surface area contributed by atoms with Crippen molar-refractivity contribution in [3.05, 3.63) is 95.4 Å². The van der Waals surface area contributed by atoms with Crippen LogP contribution in [-0.2, 0) is 19.6 Å². The molecule has 35 heavy (non-hydrogen) atoms. The summed E-state index contributed by atoms with van der Waals surface area (Å²) in [4.78, 5) is 24.4. The number of carbonyl (C=O) groups excluding carboxylic acids is 2.